The Labute approximate surface area is 83.4 Å². The van der Waals surface area contributed by atoms with Gasteiger partial charge in [0, 0.05) is 12.5 Å². The molecular weight excluding hydrogens is 186 g/mol. The van der Waals surface area contributed by atoms with Gasteiger partial charge in [-0.1, -0.05) is 32.4 Å². The Kier molecular flexibility index (Phi) is 5.82. The van der Waals surface area contributed by atoms with E-state index in [1.165, 1.54) is 6.07 Å². The second-order valence-electron chi connectivity index (χ2n) is 1.96. The van der Waals surface area contributed by atoms with E-state index < -0.39 is 0 Å². The maximum Gasteiger partial charge on any atom is 0.145 e. The molecule has 0 aliphatic heterocycles. The van der Waals surface area contributed by atoms with Crippen LogP contribution in [0.2, 0.25) is 5.15 Å². The molecule has 1 aromatic rings. The lowest BCUT2D eigenvalue weighted by Crippen LogP contribution is -1.95. The van der Waals surface area contributed by atoms with Gasteiger partial charge < -0.3 is 0 Å². The lowest BCUT2D eigenvalue weighted by molar-refractivity contribution is 0.931. The number of nitrogens with zero attached hydrogens (tertiary/aromatic N) is 3. The number of halogens is 1. The van der Waals surface area contributed by atoms with Crippen molar-refractivity contribution in [3.8, 4) is 6.07 Å². The first-order valence-electron chi connectivity index (χ1n) is 4.20. The summed E-state index contributed by atoms with van der Waals surface area (Å²) in [6.45, 7) is 5.91. The van der Waals surface area contributed by atoms with E-state index in [9.17, 15) is 0 Å². The average Bonchev–Trinajstić information content (AvgIpc) is 2.20. The highest BCUT2D eigenvalue weighted by atomic mass is 35.5. The van der Waals surface area contributed by atoms with Crippen molar-refractivity contribution in [2.75, 3.05) is 0 Å². The van der Waals surface area contributed by atoms with Crippen LogP contribution in [0.5, 0.6) is 0 Å². The number of hydrogen-bond donors (Lipinski definition) is 0. The Morgan fingerprint density at radius 3 is 2.54 bits per heavy atom. The van der Waals surface area contributed by atoms with Gasteiger partial charge in [0.2, 0.25) is 0 Å². The number of hydrogen-bond acceptors (Lipinski definition) is 3. The minimum atomic E-state index is 0.321. The van der Waals surface area contributed by atoms with Gasteiger partial charge in [-0.2, -0.15) is 5.26 Å². The van der Waals surface area contributed by atoms with Crippen molar-refractivity contribution in [2.24, 2.45) is 0 Å². The van der Waals surface area contributed by atoms with Crippen molar-refractivity contribution in [1.29, 1.82) is 5.26 Å². The van der Waals surface area contributed by atoms with E-state index in [0.717, 1.165) is 0 Å². The SMILES string of the molecule is CC.CCc1nc(Cl)cc(C#N)n1. The van der Waals surface area contributed by atoms with E-state index in [2.05, 4.69) is 9.97 Å². The van der Waals surface area contributed by atoms with E-state index in [1.807, 2.05) is 26.8 Å². The zero-order valence-corrected chi connectivity index (χ0v) is 8.76. The molecule has 3 nitrogen and oxygen atoms in total. The standard InChI is InChI=1S/C7H6ClN3.C2H6/c1-2-7-10-5(4-9)3-6(8)11-7;1-2/h3H,2H2,1H3;1-2H3. The summed E-state index contributed by atoms with van der Waals surface area (Å²) in [4.78, 5) is 7.82. The molecular formula is C9H12ClN3. The topological polar surface area (TPSA) is 49.6 Å². The summed E-state index contributed by atoms with van der Waals surface area (Å²) >= 11 is 5.61. The molecule has 0 N–H and O–H groups in total. The lowest BCUT2D eigenvalue weighted by Gasteiger charge is -1.95. The molecule has 1 rings (SSSR count). The van der Waals surface area contributed by atoms with E-state index in [0.29, 0.717) is 23.1 Å². The molecule has 0 unspecified atom stereocenters. The predicted octanol–water partition coefficient (Wildman–Crippen LogP) is 2.59. The first-order valence-corrected chi connectivity index (χ1v) is 4.57. The summed E-state index contributed by atoms with van der Waals surface area (Å²) in [5.74, 6) is 0.606. The smallest absolute Gasteiger partial charge is 0.145 e. The fourth-order valence-electron chi connectivity index (χ4n) is 0.680. The fraction of sp³-hybridized carbons (Fsp3) is 0.444. The van der Waals surface area contributed by atoms with Crippen LogP contribution in [0.1, 0.15) is 32.3 Å². The molecule has 70 valence electrons. The van der Waals surface area contributed by atoms with Crippen LogP contribution in [-0.4, -0.2) is 9.97 Å². The highest BCUT2D eigenvalue weighted by Gasteiger charge is 1.99. The Hall–Kier alpha value is -1.14. The first-order chi connectivity index (χ1) is 6.26. The Morgan fingerprint density at radius 1 is 1.46 bits per heavy atom. The van der Waals surface area contributed by atoms with Crippen molar-refractivity contribution in [1.82, 2.24) is 9.97 Å². The molecule has 0 fully saturated rings. The lowest BCUT2D eigenvalue weighted by atomic mass is 10.4. The third-order valence-corrected chi connectivity index (χ3v) is 1.37. The molecule has 0 aliphatic carbocycles. The molecule has 0 atom stereocenters. The van der Waals surface area contributed by atoms with Gasteiger partial charge in [-0.05, 0) is 0 Å². The highest BCUT2D eigenvalue weighted by molar-refractivity contribution is 6.29. The summed E-state index contributed by atoms with van der Waals surface area (Å²) in [6, 6.07) is 3.35. The average molecular weight is 198 g/mol. The van der Waals surface area contributed by atoms with Gasteiger partial charge in [-0.25, -0.2) is 9.97 Å². The number of aryl methyl sites for hydroxylation is 1. The normalized spacial score (nSPS) is 8.23. The summed E-state index contributed by atoms with van der Waals surface area (Å²) in [5, 5.41) is 8.81. The van der Waals surface area contributed by atoms with Crippen LogP contribution in [0, 0.1) is 11.3 Å². The quantitative estimate of drug-likeness (QED) is 0.651. The van der Waals surface area contributed by atoms with Gasteiger partial charge in [0.1, 0.15) is 22.7 Å². The van der Waals surface area contributed by atoms with Crippen molar-refractivity contribution in [3.05, 3.63) is 22.7 Å². The Bertz CT molecular complexity index is 304. The molecule has 4 heteroatoms. The second-order valence-corrected chi connectivity index (χ2v) is 2.34. The molecule has 0 bridgehead atoms. The maximum atomic E-state index is 8.48. The zero-order chi connectivity index (χ0) is 10.3. The Morgan fingerprint density at radius 2 is 2.08 bits per heavy atom. The van der Waals surface area contributed by atoms with Crippen LogP contribution in [0.3, 0.4) is 0 Å². The summed E-state index contributed by atoms with van der Waals surface area (Å²) < 4.78 is 0. The molecule has 0 aliphatic rings. The van der Waals surface area contributed by atoms with E-state index >= 15 is 0 Å². The summed E-state index contributed by atoms with van der Waals surface area (Å²) in [7, 11) is 0. The van der Waals surface area contributed by atoms with Gasteiger partial charge in [0.25, 0.3) is 0 Å². The molecule has 0 radical (unpaired) electrons. The molecule has 0 saturated heterocycles. The summed E-state index contributed by atoms with van der Waals surface area (Å²) in [6.07, 6.45) is 0.690. The molecule has 13 heavy (non-hydrogen) atoms. The van der Waals surface area contributed by atoms with Gasteiger partial charge >= 0.3 is 0 Å². The molecule has 0 amide bonds. The molecule has 1 aromatic heterocycles. The van der Waals surface area contributed by atoms with Crippen LogP contribution in [-0.2, 0) is 6.42 Å². The van der Waals surface area contributed by atoms with Gasteiger partial charge in [0.15, 0.2) is 0 Å². The van der Waals surface area contributed by atoms with Gasteiger partial charge in [-0.3, -0.25) is 0 Å². The summed E-state index contributed by atoms with van der Waals surface area (Å²) in [5.41, 5.74) is 0.321. The first kappa shape index (κ1) is 11.9. The number of rotatable bonds is 1. The third kappa shape index (κ3) is 3.86. The van der Waals surface area contributed by atoms with Crippen molar-refractivity contribution >= 4 is 11.6 Å². The fourth-order valence-corrected chi connectivity index (χ4v) is 0.881. The monoisotopic (exact) mass is 197 g/mol. The molecule has 0 spiro atoms. The van der Waals surface area contributed by atoms with Crippen molar-refractivity contribution < 1.29 is 0 Å². The number of nitriles is 1. The third-order valence-electron chi connectivity index (χ3n) is 1.17. The second kappa shape index (κ2) is 6.38. The molecule has 0 saturated carbocycles. The minimum absolute atomic E-state index is 0.321. The Balaban J connectivity index is 0.000000671. The van der Waals surface area contributed by atoms with E-state index in [-0.39, 0.29) is 0 Å². The minimum Gasteiger partial charge on any atom is -0.222 e. The zero-order valence-electron chi connectivity index (χ0n) is 8.00. The van der Waals surface area contributed by atoms with Crippen molar-refractivity contribution in [2.45, 2.75) is 27.2 Å². The molecule has 0 aromatic carbocycles. The largest absolute Gasteiger partial charge is 0.222 e. The van der Waals surface area contributed by atoms with E-state index in [4.69, 9.17) is 16.9 Å². The van der Waals surface area contributed by atoms with Crippen LogP contribution < -0.4 is 0 Å². The van der Waals surface area contributed by atoms with Crippen LogP contribution >= 0.6 is 11.6 Å². The van der Waals surface area contributed by atoms with Crippen LogP contribution in [0.25, 0.3) is 0 Å². The van der Waals surface area contributed by atoms with Gasteiger partial charge in [-0.15, -0.1) is 0 Å². The van der Waals surface area contributed by atoms with E-state index in [1.54, 1.807) is 0 Å². The number of aromatic nitrogens is 2. The van der Waals surface area contributed by atoms with Crippen molar-refractivity contribution in [3.63, 3.8) is 0 Å². The predicted molar refractivity (Wildman–Crippen MR) is 52.5 cm³/mol. The van der Waals surface area contributed by atoms with Gasteiger partial charge in [0.05, 0.1) is 0 Å². The van der Waals surface area contributed by atoms with Crippen LogP contribution in [0.4, 0.5) is 0 Å². The van der Waals surface area contributed by atoms with Crippen LogP contribution in [0.15, 0.2) is 6.07 Å². The highest BCUT2D eigenvalue weighted by Crippen LogP contribution is 2.06. The molecule has 1 heterocycles. The maximum absolute atomic E-state index is 8.48.